The highest BCUT2D eigenvalue weighted by Crippen LogP contribution is 2.32. The Bertz CT molecular complexity index is 920. The summed E-state index contributed by atoms with van der Waals surface area (Å²) in [6.07, 6.45) is 3.03. The second-order valence-electron chi connectivity index (χ2n) is 6.20. The fourth-order valence-electron chi connectivity index (χ4n) is 2.68. The SMILES string of the molecule is CCCCc1sc(C(=O)OCC)nc1-c1ccc(Oc2ccc(Cl)cc2)cc1. The molecular formula is C22H22ClNO3S. The lowest BCUT2D eigenvalue weighted by Crippen LogP contribution is -2.03. The molecule has 2 aromatic carbocycles. The number of hydrogen-bond acceptors (Lipinski definition) is 5. The van der Waals surface area contributed by atoms with Gasteiger partial charge in [0.25, 0.3) is 0 Å². The summed E-state index contributed by atoms with van der Waals surface area (Å²) in [5, 5.41) is 1.08. The molecule has 0 radical (unpaired) electrons. The second-order valence-corrected chi connectivity index (χ2v) is 7.72. The van der Waals surface area contributed by atoms with Gasteiger partial charge in [-0.05, 0) is 68.3 Å². The highest BCUT2D eigenvalue weighted by atomic mass is 35.5. The van der Waals surface area contributed by atoms with E-state index in [1.54, 1.807) is 19.1 Å². The Hall–Kier alpha value is -2.37. The summed E-state index contributed by atoms with van der Waals surface area (Å²) < 4.78 is 11.0. The number of halogens is 1. The van der Waals surface area contributed by atoms with Crippen molar-refractivity contribution in [2.45, 2.75) is 33.1 Å². The van der Waals surface area contributed by atoms with E-state index < -0.39 is 0 Å². The first-order valence-electron chi connectivity index (χ1n) is 9.31. The van der Waals surface area contributed by atoms with Gasteiger partial charge in [-0.15, -0.1) is 11.3 Å². The van der Waals surface area contributed by atoms with Gasteiger partial charge >= 0.3 is 5.97 Å². The van der Waals surface area contributed by atoms with Crippen molar-refractivity contribution in [3.63, 3.8) is 0 Å². The van der Waals surface area contributed by atoms with Crippen LogP contribution in [0.15, 0.2) is 48.5 Å². The number of carbonyl (C=O) groups is 1. The largest absolute Gasteiger partial charge is 0.461 e. The fraction of sp³-hybridized carbons (Fsp3) is 0.273. The molecule has 0 fully saturated rings. The van der Waals surface area contributed by atoms with E-state index in [9.17, 15) is 4.79 Å². The quantitative estimate of drug-likeness (QED) is 0.380. The first kappa shape index (κ1) is 20.4. The molecule has 0 aliphatic rings. The standard InChI is InChI=1S/C22H22ClNO3S/c1-3-5-6-19-20(24-21(28-19)22(25)26-4-2)15-7-11-17(12-8-15)27-18-13-9-16(23)10-14-18/h7-14H,3-6H2,1-2H3. The van der Waals surface area contributed by atoms with E-state index in [-0.39, 0.29) is 5.97 Å². The summed E-state index contributed by atoms with van der Waals surface area (Å²) in [7, 11) is 0. The maximum atomic E-state index is 12.1. The number of rotatable bonds is 8. The molecule has 0 amide bonds. The minimum Gasteiger partial charge on any atom is -0.461 e. The van der Waals surface area contributed by atoms with Crippen LogP contribution in [0.4, 0.5) is 0 Å². The van der Waals surface area contributed by atoms with E-state index in [4.69, 9.17) is 21.1 Å². The van der Waals surface area contributed by atoms with Gasteiger partial charge in [-0.1, -0.05) is 24.9 Å². The summed E-state index contributed by atoms with van der Waals surface area (Å²) >= 11 is 7.32. The van der Waals surface area contributed by atoms with E-state index in [1.165, 1.54) is 11.3 Å². The number of carbonyl (C=O) groups excluding carboxylic acids is 1. The van der Waals surface area contributed by atoms with Crippen LogP contribution in [0, 0.1) is 0 Å². The number of aryl methyl sites for hydroxylation is 1. The molecule has 0 aliphatic carbocycles. The molecule has 0 saturated carbocycles. The average molecular weight is 416 g/mol. The van der Waals surface area contributed by atoms with Crippen molar-refractivity contribution in [1.29, 1.82) is 0 Å². The number of ether oxygens (including phenoxy) is 2. The zero-order chi connectivity index (χ0) is 19.9. The monoisotopic (exact) mass is 415 g/mol. The fourth-order valence-corrected chi connectivity index (χ4v) is 3.83. The highest BCUT2D eigenvalue weighted by molar-refractivity contribution is 7.14. The van der Waals surface area contributed by atoms with Crippen molar-refractivity contribution >= 4 is 28.9 Å². The Balaban J connectivity index is 1.83. The summed E-state index contributed by atoms with van der Waals surface area (Å²) in [6.45, 7) is 4.29. The highest BCUT2D eigenvalue weighted by Gasteiger charge is 2.18. The molecule has 0 aliphatic heterocycles. The van der Waals surface area contributed by atoms with Gasteiger partial charge in [-0.2, -0.15) is 0 Å². The second kappa shape index (κ2) is 9.71. The van der Waals surface area contributed by atoms with Gasteiger partial charge in [0.1, 0.15) is 11.5 Å². The molecule has 1 heterocycles. The Morgan fingerprint density at radius 3 is 2.29 bits per heavy atom. The molecule has 28 heavy (non-hydrogen) atoms. The third-order valence-electron chi connectivity index (χ3n) is 4.08. The summed E-state index contributed by atoms with van der Waals surface area (Å²) in [4.78, 5) is 17.8. The predicted molar refractivity (Wildman–Crippen MR) is 114 cm³/mol. The third-order valence-corrected chi connectivity index (χ3v) is 5.43. The normalized spacial score (nSPS) is 10.7. The molecule has 146 valence electrons. The van der Waals surface area contributed by atoms with Crippen LogP contribution in [-0.4, -0.2) is 17.6 Å². The predicted octanol–water partition coefficient (Wildman–Crippen LogP) is 6.78. The number of thiazole rings is 1. The first-order valence-corrected chi connectivity index (χ1v) is 10.5. The molecule has 4 nitrogen and oxygen atoms in total. The number of aromatic nitrogens is 1. The van der Waals surface area contributed by atoms with Crippen LogP contribution in [0.25, 0.3) is 11.3 Å². The van der Waals surface area contributed by atoms with Crippen LogP contribution in [0.1, 0.15) is 41.4 Å². The molecule has 0 atom stereocenters. The minimum atomic E-state index is -0.362. The van der Waals surface area contributed by atoms with Crippen LogP contribution in [0.3, 0.4) is 0 Å². The van der Waals surface area contributed by atoms with E-state index in [0.717, 1.165) is 46.9 Å². The average Bonchev–Trinajstić information content (AvgIpc) is 3.13. The number of esters is 1. The molecule has 0 saturated heterocycles. The van der Waals surface area contributed by atoms with Crippen molar-refractivity contribution in [3.05, 3.63) is 63.4 Å². The lowest BCUT2D eigenvalue weighted by molar-refractivity contribution is 0.0526. The van der Waals surface area contributed by atoms with Crippen LogP contribution in [0.5, 0.6) is 11.5 Å². The number of hydrogen-bond donors (Lipinski definition) is 0. The molecule has 0 unspecified atom stereocenters. The van der Waals surface area contributed by atoms with Gasteiger partial charge < -0.3 is 9.47 Å². The van der Waals surface area contributed by atoms with Gasteiger partial charge in [0.2, 0.25) is 5.01 Å². The Morgan fingerprint density at radius 2 is 1.68 bits per heavy atom. The van der Waals surface area contributed by atoms with Crippen LogP contribution >= 0.6 is 22.9 Å². The number of nitrogens with zero attached hydrogens (tertiary/aromatic N) is 1. The lowest BCUT2D eigenvalue weighted by atomic mass is 10.1. The first-order chi connectivity index (χ1) is 13.6. The van der Waals surface area contributed by atoms with Gasteiger partial charge in [0.05, 0.1) is 12.3 Å². The van der Waals surface area contributed by atoms with Gasteiger partial charge in [-0.3, -0.25) is 0 Å². The molecule has 0 spiro atoms. The Morgan fingerprint density at radius 1 is 1.04 bits per heavy atom. The smallest absolute Gasteiger partial charge is 0.367 e. The van der Waals surface area contributed by atoms with Crippen molar-refractivity contribution in [2.75, 3.05) is 6.61 Å². The van der Waals surface area contributed by atoms with Crippen LogP contribution in [-0.2, 0) is 11.2 Å². The van der Waals surface area contributed by atoms with Gasteiger partial charge in [-0.25, -0.2) is 9.78 Å². The Kier molecular flexibility index (Phi) is 7.06. The summed E-state index contributed by atoms with van der Waals surface area (Å²) in [6, 6.07) is 15.0. The van der Waals surface area contributed by atoms with Crippen molar-refractivity contribution in [3.8, 4) is 22.8 Å². The molecular weight excluding hydrogens is 394 g/mol. The Labute approximate surface area is 174 Å². The third kappa shape index (κ3) is 5.12. The molecule has 3 aromatic rings. The lowest BCUT2D eigenvalue weighted by Gasteiger charge is -2.07. The van der Waals surface area contributed by atoms with Crippen molar-refractivity contribution in [1.82, 2.24) is 4.98 Å². The molecule has 6 heteroatoms. The minimum absolute atomic E-state index is 0.342. The molecule has 0 bridgehead atoms. The van der Waals surface area contributed by atoms with Gasteiger partial charge in [0, 0.05) is 15.5 Å². The maximum absolute atomic E-state index is 12.1. The maximum Gasteiger partial charge on any atom is 0.367 e. The molecule has 3 rings (SSSR count). The van der Waals surface area contributed by atoms with Crippen molar-refractivity contribution < 1.29 is 14.3 Å². The van der Waals surface area contributed by atoms with E-state index >= 15 is 0 Å². The van der Waals surface area contributed by atoms with Gasteiger partial charge in [0.15, 0.2) is 0 Å². The topological polar surface area (TPSA) is 48.4 Å². The van der Waals surface area contributed by atoms with Crippen molar-refractivity contribution in [2.24, 2.45) is 0 Å². The zero-order valence-corrected chi connectivity index (χ0v) is 17.5. The summed E-state index contributed by atoms with van der Waals surface area (Å²) in [5.41, 5.74) is 1.81. The van der Waals surface area contributed by atoms with Crippen LogP contribution in [0.2, 0.25) is 5.02 Å². The number of unbranched alkanes of at least 4 members (excludes halogenated alkanes) is 1. The zero-order valence-electron chi connectivity index (χ0n) is 15.9. The summed E-state index contributed by atoms with van der Waals surface area (Å²) in [5.74, 6) is 1.08. The van der Waals surface area contributed by atoms with Crippen LogP contribution < -0.4 is 4.74 Å². The molecule has 0 N–H and O–H groups in total. The molecule has 1 aromatic heterocycles. The van der Waals surface area contributed by atoms with E-state index in [1.807, 2.05) is 36.4 Å². The van der Waals surface area contributed by atoms with E-state index in [2.05, 4.69) is 11.9 Å². The van der Waals surface area contributed by atoms with E-state index in [0.29, 0.717) is 16.6 Å². The number of benzene rings is 2.